The Labute approximate surface area is 186 Å². The molecule has 0 aliphatic carbocycles. The van der Waals surface area contributed by atoms with Crippen LogP contribution in [0.5, 0.6) is 11.6 Å². The van der Waals surface area contributed by atoms with Gasteiger partial charge in [0.15, 0.2) is 5.75 Å². The number of nitrogens with zero attached hydrogens (tertiary/aromatic N) is 4. The highest BCUT2D eigenvalue weighted by atomic mass is 79.9. The predicted molar refractivity (Wildman–Crippen MR) is 113 cm³/mol. The lowest BCUT2D eigenvalue weighted by Gasteiger charge is -2.12. The van der Waals surface area contributed by atoms with Crippen molar-refractivity contribution < 1.29 is 22.8 Å². The Morgan fingerprint density at radius 1 is 1.06 bits per heavy atom. The zero-order chi connectivity index (χ0) is 22.9. The van der Waals surface area contributed by atoms with E-state index in [-0.39, 0.29) is 17.3 Å². The van der Waals surface area contributed by atoms with Gasteiger partial charge in [0.05, 0.1) is 10.5 Å². The summed E-state index contributed by atoms with van der Waals surface area (Å²) in [5.74, 6) is -0.516. The van der Waals surface area contributed by atoms with Crippen molar-refractivity contribution in [2.75, 3.05) is 5.32 Å². The van der Waals surface area contributed by atoms with Gasteiger partial charge in [-0.2, -0.15) is 18.2 Å². The van der Waals surface area contributed by atoms with E-state index in [9.17, 15) is 23.3 Å². The number of benzene rings is 2. The van der Waals surface area contributed by atoms with Gasteiger partial charge >= 0.3 is 17.7 Å². The van der Waals surface area contributed by atoms with Gasteiger partial charge in [-0.3, -0.25) is 15.1 Å². The first kappa shape index (κ1) is 21.4. The van der Waals surface area contributed by atoms with E-state index in [1.165, 1.54) is 18.3 Å². The maximum absolute atomic E-state index is 13.0. The number of pyridine rings is 1. The summed E-state index contributed by atoms with van der Waals surface area (Å²) in [5, 5.41) is 15.0. The lowest BCUT2D eigenvalue weighted by atomic mass is 10.2. The number of fused-ring (bicyclic) bond motifs is 1. The smallest absolute Gasteiger partial charge is 0.416 e. The first-order chi connectivity index (χ1) is 15.2. The molecule has 32 heavy (non-hydrogen) atoms. The minimum atomic E-state index is -4.57. The van der Waals surface area contributed by atoms with Crippen molar-refractivity contribution in [1.29, 1.82) is 0 Å². The Hall–Kier alpha value is -3.80. The van der Waals surface area contributed by atoms with Crippen LogP contribution >= 0.6 is 15.9 Å². The van der Waals surface area contributed by atoms with Crippen LogP contribution in [0.4, 0.5) is 30.4 Å². The molecule has 0 atom stereocenters. The number of rotatable bonds is 5. The molecular formula is C20H11BrF3N5O3. The quantitative estimate of drug-likeness (QED) is 0.252. The van der Waals surface area contributed by atoms with Gasteiger partial charge < -0.3 is 10.1 Å². The number of halogens is 4. The number of hydrogen-bond donors (Lipinski definition) is 1. The number of ether oxygens (including phenoxy) is 1. The number of hydrogen-bond acceptors (Lipinski definition) is 7. The van der Waals surface area contributed by atoms with Crippen LogP contribution in [0.3, 0.4) is 0 Å². The summed E-state index contributed by atoms with van der Waals surface area (Å²) in [4.78, 5) is 22.9. The van der Waals surface area contributed by atoms with Crippen LogP contribution in [-0.4, -0.2) is 19.9 Å². The van der Waals surface area contributed by atoms with Gasteiger partial charge in [0.2, 0.25) is 5.82 Å². The minimum absolute atomic E-state index is 0.0386. The number of alkyl halides is 3. The number of nitro groups is 1. The third-order valence-corrected chi connectivity index (χ3v) is 5.00. The Kier molecular flexibility index (Phi) is 5.61. The lowest BCUT2D eigenvalue weighted by Crippen LogP contribution is -2.07. The van der Waals surface area contributed by atoms with Crippen molar-refractivity contribution in [3.8, 4) is 11.6 Å². The zero-order valence-corrected chi connectivity index (χ0v) is 17.4. The monoisotopic (exact) mass is 505 g/mol. The first-order valence-corrected chi connectivity index (χ1v) is 9.68. The summed E-state index contributed by atoms with van der Waals surface area (Å²) in [6.07, 6.45) is -2.03. The molecule has 1 N–H and O–H groups in total. The van der Waals surface area contributed by atoms with Crippen molar-refractivity contribution in [1.82, 2.24) is 15.0 Å². The van der Waals surface area contributed by atoms with Crippen molar-refractivity contribution >= 4 is 44.0 Å². The van der Waals surface area contributed by atoms with E-state index in [4.69, 9.17) is 4.74 Å². The molecule has 12 heteroatoms. The molecule has 4 rings (SSSR count). The molecule has 0 amide bonds. The highest BCUT2D eigenvalue weighted by Crippen LogP contribution is 2.39. The first-order valence-electron chi connectivity index (χ1n) is 8.89. The van der Waals surface area contributed by atoms with E-state index >= 15 is 0 Å². The van der Waals surface area contributed by atoms with Crippen molar-refractivity contribution in [3.05, 3.63) is 81.2 Å². The maximum Gasteiger partial charge on any atom is 0.416 e. The van der Waals surface area contributed by atoms with Crippen LogP contribution in [0, 0.1) is 10.1 Å². The molecule has 0 aliphatic rings. The van der Waals surface area contributed by atoms with Gasteiger partial charge in [0, 0.05) is 21.7 Å². The Morgan fingerprint density at radius 2 is 1.88 bits per heavy atom. The van der Waals surface area contributed by atoms with Gasteiger partial charge in [-0.05, 0) is 36.4 Å². The van der Waals surface area contributed by atoms with Gasteiger partial charge in [-0.1, -0.05) is 28.1 Å². The molecule has 0 saturated carbocycles. The van der Waals surface area contributed by atoms with Crippen LogP contribution in [0.25, 0.3) is 10.9 Å². The molecule has 2 aromatic carbocycles. The average Bonchev–Trinajstić information content (AvgIpc) is 2.75. The molecule has 2 aromatic heterocycles. The molecule has 0 saturated heterocycles. The summed E-state index contributed by atoms with van der Waals surface area (Å²) in [5.41, 5.74) is -1.16. The fraction of sp³-hybridized carbons (Fsp3) is 0.0500. The normalized spacial score (nSPS) is 11.4. The highest BCUT2D eigenvalue weighted by molar-refractivity contribution is 9.10. The number of anilines is 2. The molecule has 8 nitrogen and oxygen atoms in total. The summed E-state index contributed by atoms with van der Waals surface area (Å²) in [7, 11) is 0. The Balaban J connectivity index is 1.74. The van der Waals surface area contributed by atoms with Crippen molar-refractivity contribution in [2.45, 2.75) is 6.18 Å². The molecule has 0 fully saturated rings. The fourth-order valence-electron chi connectivity index (χ4n) is 2.90. The van der Waals surface area contributed by atoms with E-state index in [1.807, 2.05) is 0 Å². The van der Waals surface area contributed by atoms with Gasteiger partial charge in [-0.25, -0.2) is 4.98 Å². The summed E-state index contributed by atoms with van der Waals surface area (Å²) < 4.78 is 45.4. The minimum Gasteiger partial charge on any atom is -0.431 e. The summed E-state index contributed by atoms with van der Waals surface area (Å²) in [6, 6.07) is 11.0. The van der Waals surface area contributed by atoms with Crippen LogP contribution in [0.15, 0.2) is 65.5 Å². The van der Waals surface area contributed by atoms with Gasteiger partial charge in [-0.15, -0.1) is 0 Å². The SMILES string of the molecule is O=[N+]([O-])c1c(Nc2cccc(C(F)(F)F)c2)ncnc1Oc1ccc(Br)c2cccnc12. The molecule has 0 radical (unpaired) electrons. The van der Waals surface area contributed by atoms with Crippen LogP contribution < -0.4 is 10.1 Å². The maximum atomic E-state index is 13.0. The molecule has 0 aliphatic heterocycles. The Morgan fingerprint density at radius 3 is 2.62 bits per heavy atom. The predicted octanol–water partition coefficient (Wildman–Crippen LogP) is 6.25. The highest BCUT2D eigenvalue weighted by Gasteiger charge is 2.31. The van der Waals surface area contributed by atoms with Crippen LogP contribution in [-0.2, 0) is 6.18 Å². The molecule has 4 aromatic rings. The van der Waals surface area contributed by atoms with E-state index in [0.717, 1.165) is 22.9 Å². The zero-order valence-electron chi connectivity index (χ0n) is 15.8. The molecule has 0 unspecified atom stereocenters. The van der Waals surface area contributed by atoms with E-state index in [0.29, 0.717) is 10.9 Å². The van der Waals surface area contributed by atoms with Gasteiger partial charge in [0.1, 0.15) is 11.8 Å². The summed E-state index contributed by atoms with van der Waals surface area (Å²) in [6.45, 7) is 0. The number of aromatic nitrogens is 3. The topological polar surface area (TPSA) is 103 Å². The molecule has 0 spiro atoms. The second-order valence-electron chi connectivity index (χ2n) is 6.38. The standard InChI is InChI=1S/C20H11BrF3N5O3/c21-14-6-7-15(16-13(14)5-2-8-25-16)32-19-17(29(30)31)18(26-10-27-19)28-12-4-1-3-11(9-12)20(22,23)24/h1-10H,(H,26,27,28). The molecule has 0 bridgehead atoms. The third kappa shape index (κ3) is 4.30. The molecular weight excluding hydrogens is 495 g/mol. The fourth-order valence-corrected chi connectivity index (χ4v) is 3.35. The second kappa shape index (κ2) is 8.38. The molecule has 162 valence electrons. The van der Waals surface area contributed by atoms with E-state index in [1.54, 1.807) is 24.3 Å². The Bertz CT molecular complexity index is 1330. The average molecular weight is 506 g/mol. The lowest BCUT2D eigenvalue weighted by molar-refractivity contribution is -0.385. The van der Waals surface area contributed by atoms with Gasteiger partial charge in [0.25, 0.3) is 0 Å². The number of nitrogens with one attached hydrogen (secondary N) is 1. The van der Waals surface area contributed by atoms with Crippen molar-refractivity contribution in [2.24, 2.45) is 0 Å². The third-order valence-electron chi connectivity index (χ3n) is 4.31. The van der Waals surface area contributed by atoms with Crippen LogP contribution in [0.2, 0.25) is 0 Å². The largest absolute Gasteiger partial charge is 0.431 e. The molecule has 2 heterocycles. The van der Waals surface area contributed by atoms with Crippen molar-refractivity contribution in [3.63, 3.8) is 0 Å². The van der Waals surface area contributed by atoms with E-state index < -0.39 is 28.2 Å². The second-order valence-corrected chi connectivity index (χ2v) is 7.24. The van der Waals surface area contributed by atoms with E-state index in [2.05, 4.69) is 36.2 Å². The summed E-state index contributed by atoms with van der Waals surface area (Å²) >= 11 is 3.40. The van der Waals surface area contributed by atoms with Crippen LogP contribution in [0.1, 0.15) is 5.56 Å².